The van der Waals surface area contributed by atoms with Crippen molar-refractivity contribution in [2.45, 2.75) is 46.6 Å². The molecular formula is C17H24BrNO4. The Morgan fingerprint density at radius 1 is 1.26 bits per heavy atom. The van der Waals surface area contributed by atoms with Crippen molar-refractivity contribution in [1.82, 2.24) is 4.98 Å². The third-order valence-electron chi connectivity index (χ3n) is 2.92. The number of carbonyl (C=O) groups is 2. The standard InChI is InChI=1S/C17H24BrNO4/c1-6-22-15(20)13-11(2)14(16(21)23-17(3,4)5)19-12(13)9-7-8-10-18/h7,9,19H,6,8,10H2,1-5H3/b9-7+. The van der Waals surface area contributed by atoms with E-state index in [-0.39, 0.29) is 12.3 Å². The highest BCUT2D eigenvalue weighted by Crippen LogP contribution is 2.23. The molecule has 128 valence electrons. The maximum atomic E-state index is 12.3. The summed E-state index contributed by atoms with van der Waals surface area (Å²) in [5.41, 5.74) is 1.14. The fraction of sp³-hybridized carbons (Fsp3) is 0.529. The van der Waals surface area contributed by atoms with E-state index in [2.05, 4.69) is 20.9 Å². The molecule has 0 fully saturated rings. The molecule has 5 nitrogen and oxygen atoms in total. The molecule has 0 amide bonds. The Bertz CT molecular complexity index is 596. The number of rotatable bonds is 6. The number of hydrogen-bond donors (Lipinski definition) is 1. The minimum Gasteiger partial charge on any atom is -0.462 e. The number of carbonyl (C=O) groups excluding carboxylic acids is 2. The summed E-state index contributed by atoms with van der Waals surface area (Å²) in [6.07, 6.45) is 4.51. The van der Waals surface area contributed by atoms with Crippen LogP contribution in [0.2, 0.25) is 0 Å². The molecule has 1 heterocycles. The number of alkyl halides is 1. The molecule has 0 aliphatic carbocycles. The van der Waals surface area contributed by atoms with Crippen LogP contribution in [-0.4, -0.2) is 34.5 Å². The molecule has 1 aromatic heterocycles. The zero-order chi connectivity index (χ0) is 17.6. The third kappa shape index (κ3) is 5.53. The third-order valence-corrected chi connectivity index (χ3v) is 3.38. The summed E-state index contributed by atoms with van der Waals surface area (Å²) < 4.78 is 10.5. The Kier molecular flexibility index (Phi) is 7.06. The summed E-state index contributed by atoms with van der Waals surface area (Å²) >= 11 is 3.34. The number of esters is 2. The van der Waals surface area contributed by atoms with Crippen LogP contribution in [0.25, 0.3) is 6.08 Å². The van der Waals surface area contributed by atoms with Gasteiger partial charge in [-0.1, -0.05) is 22.0 Å². The molecule has 0 saturated carbocycles. The second-order valence-electron chi connectivity index (χ2n) is 6.02. The van der Waals surface area contributed by atoms with Gasteiger partial charge in [0.05, 0.1) is 17.9 Å². The van der Waals surface area contributed by atoms with Crippen molar-refractivity contribution in [3.05, 3.63) is 28.6 Å². The maximum absolute atomic E-state index is 12.3. The van der Waals surface area contributed by atoms with Crippen molar-refractivity contribution in [1.29, 1.82) is 0 Å². The van der Waals surface area contributed by atoms with Gasteiger partial charge in [-0.25, -0.2) is 9.59 Å². The molecule has 0 atom stereocenters. The molecule has 0 aliphatic heterocycles. The molecule has 0 saturated heterocycles. The van der Waals surface area contributed by atoms with Crippen LogP contribution < -0.4 is 0 Å². The SMILES string of the molecule is CCOC(=O)c1c(/C=C/CCBr)[nH]c(C(=O)OC(C)(C)C)c1C. The van der Waals surface area contributed by atoms with Crippen molar-refractivity contribution >= 4 is 33.9 Å². The predicted molar refractivity (Wildman–Crippen MR) is 94.1 cm³/mol. The van der Waals surface area contributed by atoms with E-state index in [1.807, 2.05) is 6.08 Å². The minimum absolute atomic E-state index is 0.274. The normalized spacial score (nSPS) is 11.7. The van der Waals surface area contributed by atoms with E-state index >= 15 is 0 Å². The van der Waals surface area contributed by atoms with Crippen LogP contribution in [0, 0.1) is 6.92 Å². The molecule has 0 aliphatic rings. The van der Waals surface area contributed by atoms with Crippen LogP contribution >= 0.6 is 15.9 Å². The quantitative estimate of drug-likeness (QED) is 0.586. The van der Waals surface area contributed by atoms with Gasteiger partial charge in [-0.2, -0.15) is 0 Å². The summed E-state index contributed by atoms with van der Waals surface area (Å²) in [5, 5.41) is 0.816. The number of nitrogens with one attached hydrogen (secondary N) is 1. The number of aromatic amines is 1. The zero-order valence-electron chi connectivity index (χ0n) is 14.3. The average Bonchev–Trinajstić information content (AvgIpc) is 2.74. The molecule has 1 rings (SSSR count). The van der Waals surface area contributed by atoms with Gasteiger partial charge in [0.25, 0.3) is 0 Å². The van der Waals surface area contributed by atoms with Gasteiger partial charge in [-0.15, -0.1) is 0 Å². The Morgan fingerprint density at radius 2 is 1.91 bits per heavy atom. The van der Waals surface area contributed by atoms with Gasteiger partial charge in [0.1, 0.15) is 11.3 Å². The van der Waals surface area contributed by atoms with Crippen LogP contribution in [0.15, 0.2) is 6.08 Å². The van der Waals surface area contributed by atoms with Crippen molar-refractivity contribution in [3.8, 4) is 0 Å². The highest BCUT2D eigenvalue weighted by Gasteiger charge is 2.27. The lowest BCUT2D eigenvalue weighted by Gasteiger charge is -2.19. The summed E-state index contributed by atoms with van der Waals surface area (Å²) in [6, 6.07) is 0. The lowest BCUT2D eigenvalue weighted by molar-refractivity contribution is 0.00627. The van der Waals surface area contributed by atoms with Gasteiger partial charge in [0.2, 0.25) is 0 Å². The number of aromatic nitrogens is 1. The minimum atomic E-state index is -0.606. The Labute approximate surface area is 145 Å². The summed E-state index contributed by atoms with van der Waals surface area (Å²) in [6.45, 7) is 9.12. The monoisotopic (exact) mass is 385 g/mol. The van der Waals surface area contributed by atoms with E-state index in [9.17, 15) is 9.59 Å². The number of ether oxygens (including phenoxy) is 2. The smallest absolute Gasteiger partial charge is 0.355 e. The first-order valence-electron chi connectivity index (χ1n) is 7.56. The highest BCUT2D eigenvalue weighted by molar-refractivity contribution is 9.09. The fourth-order valence-electron chi connectivity index (χ4n) is 2.01. The molecule has 0 bridgehead atoms. The van der Waals surface area contributed by atoms with E-state index in [0.717, 1.165) is 11.8 Å². The van der Waals surface area contributed by atoms with Crippen LogP contribution in [0.1, 0.15) is 66.2 Å². The fourth-order valence-corrected chi connectivity index (χ4v) is 2.27. The van der Waals surface area contributed by atoms with Crippen molar-refractivity contribution in [3.63, 3.8) is 0 Å². The number of hydrogen-bond acceptors (Lipinski definition) is 4. The van der Waals surface area contributed by atoms with Crippen molar-refractivity contribution in [2.75, 3.05) is 11.9 Å². The van der Waals surface area contributed by atoms with Crippen LogP contribution in [0.4, 0.5) is 0 Å². The van der Waals surface area contributed by atoms with E-state index in [1.54, 1.807) is 40.7 Å². The highest BCUT2D eigenvalue weighted by atomic mass is 79.9. The number of allylic oxidation sites excluding steroid dienone is 1. The molecule has 6 heteroatoms. The van der Waals surface area contributed by atoms with E-state index in [0.29, 0.717) is 16.8 Å². The number of H-pyrrole nitrogens is 1. The lowest BCUT2D eigenvalue weighted by Crippen LogP contribution is -2.24. The Balaban J connectivity index is 3.26. The first kappa shape index (κ1) is 19.5. The van der Waals surface area contributed by atoms with E-state index in [1.165, 1.54) is 0 Å². The predicted octanol–water partition coefficient (Wildman–Crippen LogP) is 4.25. The molecule has 1 N–H and O–H groups in total. The van der Waals surface area contributed by atoms with Crippen molar-refractivity contribution in [2.24, 2.45) is 0 Å². The van der Waals surface area contributed by atoms with Gasteiger partial charge in [0, 0.05) is 5.33 Å². The molecular weight excluding hydrogens is 362 g/mol. The molecule has 23 heavy (non-hydrogen) atoms. The summed E-state index contributed by atoms with van der Waals surface area (Å²) in [5.74, 6) is -0.935. The van der Waals surface area contributed by atoms with Crippen molar-refractivity contribution < 1.29 is 19.1 Å². The second-order valence-corrected chi connectivity index (χ2v) is 6.81. The molecule has 0 radical (unpaired) electrons. The summed E-state index contributed by atoms with van der Waals surface area (Å²) in [7, 11) is 0. The second kappa shape index (κ2) is 8.34. The zero-order valence-corrected chi connectivity index (χ0v) is 15.9. The number of halogens is 1. The van der Waals surface area contributed by atoms with E-state index < -0.39 is 17.5 Å². The Hall–Kier alpha value is -1.56. The van der Waals surface area contributed by atoms with Gasteiger partial charge in [0.15, 0.2) is 0 Å². The molecule has 0 spiro atoms. The first-order valence-corrected chi connectivity index (χ1v) is 8.69. The van der Waals surface area contributed by atoms with Gasteiger partial charge >= 0.3 is 11.9 Å². The topological polar surface area (TPSA) is 68.4 Å². The van der Waals surface area contributed by atoms with Gasteiger partial charge < -0.3 is 14.5 Å². The van der Waals surface area contributed by atoms with Crippen LogP contribution in [-0.2, 0) is 9.47 Å². The Morgan fingerprint density at radius 3 is 2.43 bits per heavy atom. The van der Waals surface area contributed by atoms with Gasteiger partial charge in [-0.3, -0.25) is 0 Å². The lowest BCUT2D eigenvalue weighted by atomic mass is 10.1. The van der Waals surface area contributed by atoms with Gasteiger partial charge in [-0.05, 0) is 52.7 Å². The molecule has 0 aromatic carbocycles. The first-order chi connectivity index (χ1) is 10.7. The van der Waals surface area contributed by atoms with E-state index in [4.69, 9.17) is 9.47 Å². The maximum Gasteiger partial charge on any atom is 0.355 e. The average molecular weight is 386 g/mol. The van der Waals surface area contributed by atoms with Crippen LogP contribution in [0.5, 0.6) is 0 Å². The largest absolute Gasteiger partial charge is 0.462 e. The molecule has 1 aromatic rings. The summed E-state index contributed by atoms with van der Waals surface area (Å²) in [4.78, 5) is 27.5. The van der Waals surface area contributed by atoms with Crippen LogP contribution in [0.3, 0.4) is 0 Å². The molecule has 0 unspecified atom stereocenters.